The third kappa shape index (κ3) is 4.12. The Labute approximate surface area is 118 Å². The summed E-state index contributed by atoms with van der Waals surface area (Å²) in [7, 11) is -1.62. The fourth-order valence-corrected chi connectivity index (χ4v) is 3.83. The van der Waals surface area contributed by atoms with E-state index in [9.17, 15) is 13.2 Å². The largest absolute Gasteiger partial charge is 0.453 e. The maximum Gasteiger partial charge on any atom is 0.411 e. The van der Waals surface area contributed by atoms with Gasteiger partial charge in [-0.15, -0.1) is 0 Å². The molecule has 2 N–H and O–H groups in total. The van der Waals surface area contributed by atoms with Gasteiger partial charge in [0.15, 0.2) is 9.84 Å². The summed E-state index contributed by atoms with van der Waals surface area (Å²) >= 11 is 0. The molecule has 1 aromatic carbocycles. The zero-order chi connectivity index (χ0) is 14.6. The molecule has 1 unspecified atom stereocenters. The van der Waals surface area contributed by atoms with Crippen LogP contribution in [0.4, 0.5) is 16.2 Å². The van der Waals surface area contributed by atoms with Crippen molar-refractivity contribution in [1.29, 1.82) is 0 Å². The van der Waals surface area contributed by atoms with Gasteiger partial charge in [-0.25, -0.2) is 13.2 Å². The summed E-state index contributed by atoms with van der Waals surface area (Å²) in [6.07, 6.45) is 1.02. The Kier molecular flexibility index (Phi) is 4.49. The molecule has 1 aliphatic rings. The Bertz CT molecular complexity index is 569. The van der Waals surface area contributed by atoms with Crippen molar-refractivity contribution >= 4 is 27.3 Å². The van der Waals surface area contributed by atoms with Gasteiger partial charge >= 0.3 is 6.09 Å². The highest BCUT2D eigenvalue weighted by Gasteiger charge is 2.24. The van der Waals surface area contributed by atoms with Gasteiger partial charge in [-0.3, -0.25) is 5.32 Å². The number of methoxy groups -OCH3 is 1. The normalized spacial score (nSPS) is 20.9. The van der Waals surface area contributed by atoms with Gasteiger partial charge in [-0.05, 0) is 37.1 Å². The predicted molar refractivity (Wildman–Crippen MR) is 77.8 cm³/mol. The average molecular weight is 298 g/mol. The van der Waals surface area contributed by atoms with Gasteiger partial charge in [0.1, 0.15) is 0 Å². The van der Waals surface area contributed by atoms with E-state index in [1.807, 2.05) is 0 Å². The molecule has 0 saturated carbocycles. The summed E-state index contributed by atoms with van der Waals surface area (Å²) in [5.41, 5.74) is 1.46. The predicted octanol–water partition coefficient (Wildman–Crippen LogP) is 1.85. The molecule has 1 heterocycles. The van der Waals surface area contributed by atoms with Gasteiger partial charge in [-0.1, -0.05) is 0 Å². The van der Waals surface area contributed by atoms with Gasteiger partial charge in [0, 0.05) is 17.4 Å². The van der Waals surface area contributed by atoms with Crippen molar-refractivity contribution in [3.63, 3.8) is 0 Å². The van der Waals surface area contributed by atoms with E-state index in [-0.39, 0.29) is 17.5 Å². The molecule has 1 atom stereocenters. The van der Waals surface area contributed by atoms with Crippen molar-refractivity contribution in [2.24, 2.45) is 0 Å². The van der Waals surface area contributed by atoms with Crippen molar-refractivity contribution < 1.29 is 17.9 Å². The van der Waals surface area contributed by atoms with E-state index in [1.54, 1.807) is 24.3 Å². The minimum Gasteiger partial charge on any atom is -0.453 e. The van der Waals surface area contributed by atoms with Crippen LogP contribution in [0.25, 0.3) is 0 Å². The van der Waals surface area contributed by atoms with Crippen LogP contribution in [-0.2, 0) is 14.6 Å². The zero-order valence-electron chi connectivity index (χ0n) is 11.3. The summed E-state index contributed by atoms with van der Waals surface area (Å²) in [6, 6.07) is 7.01. The number of anilines is 2. The lowest BCUT2D eigenvalue weighted by Crippen LogP contribution is -2.34. The summed E-state index contributed by atoms with van der Waals surface area (Å²) in [5, 5.41) is 5.76. The number of hydrogen-bond donors (Lipinski definition) is 2. The van der Waals surface area contributed by atoms with Crippen LogP contribution < -0.4 is 10.6 Å². The van der Waals surface area contributed by atoms with Crippen molar-refractivity contribution in [3.05, 3.63) is 24.3 Å². The second-order valence-corrected chi connectivity index (χ2v) is 7.02. The Hall–Kier alpha value is -1.76. The number of carbonyl (C=O) groups is 1. The smallest absolute Gasteiger partial charge is 0.411 e. The van der Waals surface area contributed by atoms with Crippen LogP contribution in [-0.4, -0.2) is 39.2 Å². The first-order chi connectivity index (χ1) is 9.48. The highest BCUT2D eigenvalue weighted by Crippen LogP contribution is 2.19. The number of sulfone groups is 1. The van der Waals surface area contributed by atoms with Crippen molar-refractivity contribution in [1.82, 2.24) is 0 Å². The maximum atomic E-state index is 11.6. The van der Waals surface area contributed by atoms with Gasteiger partial charge < -0.3 is 10.1 Å². The molecule has 6 nitrogen and oxygen atoms in total. The number of amides is 1. The van der Waals surface area contributed by atoms with E-state index < -0.39 is 15.9 Å². The number of hydrogen-bond acceptors (Lipinski definition) is 5. The van der Waals surface area contributed by atoms with E-state index in [0.29, 0.717) is 12.1 Å². The molecule has 20 heavy (non-hydrogen) atoms. The molecule has 1 aliphatic heterocycles. The lowest BCUT2D eigenvalue weighted by atomic mass is 10.1. The molecule has 1 saturated heterocycles. The van der Waals surface area contributed by atoms with E-state index in [0.717, 1.165) is 12.1 Å². The van der Waals surface area contributed by atoms with Crippen LogP contribution in [0.5, 0.6) is 0 Å². The molecule has 0 aromatic heterocycles. The van der Waals surface area contributed by atoms with Crippen LogP contribution in [0.2, 0.25) is 0 Å². The fourth-order valence-electron chi connectivity index (χ4n) is 2.19. The fraction of sp³-hybridized carbons (Fsp3) is 0.462. The first kappa shape index (κ1) is 14.6. The monoisotopic (exact) mass is 298 g/mol. The van der Waals surface area contributed by atoms with E-state index in [4.69, 9.17) is 0 Å². The topological polar surface area (TPSA) is 84.5 Å². The molecule has 0 bridgehead atoms. The van der Waals surface area contributed by atoms with Gasteiger partial charge in [0.05, 0.1) is 18.6 Å². The van der Waals surface area contributed by atoms with Crippen molar-refractivity contribution in [3.8, 4) is 0 Å². The van der Waals surface area contributed by atoms with Crippen molar-refractivity contribution in [2.75, 3.05) is 29.2 Å². The molecule has 0 spiro atoms. The van der Waals surface area contributed by atoms with Crippen LogP contribution in [0.3, 0.4) is 0 Å². The molecular formula is C13H18N2O4S. The van der Waals surface area contributed by atoms with Crippen LogP contribution >= 0.6 is 0 Å². The minimum absolute atomic E-state index is 0.0480. The second-order valence-electron chi connectivity index (χ2n) is 4.79. The Balaban J connectivity index is 1.95. The van der Waals surface area contributed by atoms with E-state index in [1.165, 1.54) is 7.11 Å². The number of nitrogens with one attached hydrogen (secondary N) is 2. The maximum absolute atomic E-state index is 11.6. The molecule has 1 fully saturated rings. The van der Waals surface area contributed by atoms with Crippen LogP contribution in [0.1, 0.15) is 12.8 Å². The molecule has 0 radical (unpaired) electrons. The molecule has 7 heteroatoms. The highest BCUT2D eigenvalue weighted by atomic mass is 32.2. The first-order valence-electron chi connectivity index (χ1n) is 6.40. The van der Waals surface area contributed by atoms with Gasteiger partial charge in [0.2, 0.25) is 0 Å². The van der Waals surface area contributed by atoms with E-state index in [2.05, 4.69) is 15.4 Å². The quantitative estimate of drug-likeness (QED) is 0.889. The molecule has 1 aromatic rings. The van der Waals surface area contributed by atoms with Crippen LogP contribution in [0.15, 0.2) is 24.3 Å². The third-order valence-electron chi connectivity index (χ3n) is 3.15. The lowest BCUT2D eigenvalue weighted by molar-refractivity contribution is 0.187. The first-order valence-corrected chi connectivity index (χ1v) is 8.23. The molecular weight excluding hydrogens is 280 g/mol. The Morgan fingerprint density at radius 3 is 2.50 bits per heavy atom. The number of ether oxygens (including phenoxy) is 1. The summed E-state index contributed by atoms with van der Waals surface area (Å²) in [6.45, 7) is 0. The molecule has 2 rings (SSSR count). The van der Waals surface area contributed by atoms with Gasteiger partial charge in [0.25, 0.3) is 0 Å². The number of carbonyl (C=O) groups excluding carboxylic acids is 1. The van der Waals surface area contributed by atoms with E-state index >= 15 is 0 Å². The summed E-state index contributed by atoms with van der Waals surface area (Å²) in [4.78, 5) is 11.0. The third-order valence-corrected chi connectivity index (χ3v) is 4.97. The SMILES string of the molecule is COC(=O)Nc1ccc(NC2CCCS(=O)(=O)C2)cc1. The molecule has 1 amide bonds. The lowest BCUT2D eigenvalue weighted by Gasteiger charge is -2.24. The minimum atomic E-state index is -2.92. The standard InChI is InChI=1S/C13H18N2O4S/c1-19-13(16)15-11-6-4-10(5-7-11)14-12-3-2-8-20(17,18)9-12/h4-7,12,14H,2-3,8-9H2,1H3,(H,15,16). The number of benzene rings is 1. The summed E-state index contributed by atoms with van der Waals surface area (Å²) in [5.74, 6) is 0.461. The van der Waals surface area contributed by atoms with Gasteiger partial charge in [-0.2, -0.15) is 0 Å². The highest BCUT2D eigenvalue weighted by molar-refractivity contribution is 7.91. The Morgan fingerprint density at radius 2 is 1.90 bits per heavy atom. The molecule has 110 valence electrons. The van der Waals surface area contributed by atoms with Crippen LogP contribution in [0, 0.1) is 0 Å². The van der Waals surface area contributed by atoms with Crippen molar-refractivity contribution in [2.45, 2.75) is 18.9 Å². The average Bonchev–Trinajstić information content (AvgIpc) is 2.40. The Morgan fingerprint density at radius 1 is 1.25 bits per heavy atom. The summed E-state index contributed by atoms with van der Waals surface area (Å²) < 4.78 is 27.6. The number of rotatable bonds is 3. The second kappa shape index (κ2) is 6.13. The zero-order valence-corrected chi connectivity index (χ0v) is 12.1. The molecule has 0 aliphatic carbocycles.